The Morgan fingerprint density at radius 3 is 2.19 bits per heavy atom. The second kappa shape index (κ2) is 14.0. The molecule has 1 N–H and O–H groups in total. The number of likely N-dealkylation sites (N-methyl/N-ethyl adjacent to an activating group) is 1. The highest BCUT2D eigenvalue weighted by Crippen LogP contribution is 2.28. The zero-order chi connectivity index (χ0) is 31.0. The van der Waals surface area contributed by atoms with Crippen molar-refractivity contribution in [3.63, 3.8) is 0 Å². The first-order valence-electron chi connectivity index (χ1n) is 14.0. The zero-order valence-electron chi connectivity index (χ0n) is 24.9. The second-order valence-electron chi connectivity index (χ2n) is 10.3. The Morgan fingerprint density at radius 2 is 1.53 bits per heavy atom. The summed E-state index contributed by atoms with van der Waals surface area (Å²) in [5.74, 6) is -0.426. The summed E-state index contributed by atoms with van der Waals surface area (Å²) in [5, 5.41) is 2.70. The van der Waals surface area contributed by atoms with E-state index in [0.29, 0.717) is 5.75 Å². The van der Waals surface area contributed by atoms with Crippen molar-refractivity contribution >= 4 is 27.5 Å². The van der Waals surface area contributed by atoms with Crippen molar-refractivity contribution in [2.24, 2.45) is 0 Å². The first-order chi connectivity index (χ1) is 20.6. The van der Waals surface area contributed by atoms with Crippen LogP contribution in [-0.2, 0) is 32.6 Å². The molecule has 0 saturated carbocycles. The molecule has 0 spiro atoms. The molecule has 0 aliphatic heterocycles. The average molecular weight is 600 g/mol. The molecular formula is C34H37N3O5S. The summed E-state index contributed by atoms with van der Waals surface area (Å²) in [4.78, 5) is 29.3. The summed E-state index contributed by atoms with van der Waals surface area (Å²) in [6.07, 6.45) is 0.252. The molecule has 43 heavy (non-hydrogen) atoms. The fraction of sp³-hybridized carbons (Fsp3) is 0.235. The highest BCUT2D eigenvalue weighted by molar-refractivity contribution is 7.92. The van der Waals surface area contributed by atoms with Crippen LogP contribution in [0.5, 0.6) is 5.75 Å². The summed E-state index contributed by atoms with van der Waals surface area (Å²) in [5.41, 5.74) is 3.85. The third-order valence-corrected chi connectivity index (χ3v) is 9.14. The third kappa shape index (κ3) is 7.61. The van der Waals surface area contributed by atoms with Crippen LogP contribution in [0.15, 0.2) is 108 Å². The number of hydrogen-bond acceptors (Lipinski definition) is 5. The van der Waals surface area contributed by atoms with Crippen LogP contribution in [0, 0.1) is 13.8 Å². The summed E-state index contributed by atoms with van der Waals surface area (Å²) >= 11 is 0. The number of ether oxygens (including phenoxy) is 1. The van der Waals surface area contributed by atoms with Gasteiger partial charge >= 0.3 is 0 Å². The lowest BCUT2D eigenvalue weighted by Crippen LogP contribution is -2.53. The molecule has 4 rings (SSSR count). The fourth-order valence-electron chi connectivity index (χ4n) is 4.82. The van der Waals surface area contributed by atoms with E-state index in [1.807, 2.05) is 68.4 Å². The molecule has 2 amide bonds. The number of nitrogens with one attached hydrogen (secondary N) is 1. The largest absolute Gasteiger partial charge is 0.497 e. The number of benzene rings is 4. The topological polar surface area (TPSA) is 96.0 Å². The minimum absolute atomic E-state index is 0.0475. The van der Waals surface area contributed by atoms with Gasteiger partial charge in [0, 0.05) is 26.1 Å². The molecule has 0 fully saturated rings. The lowest BCUT2D eigenvalue weighted by molar-refractivity contribution is -0.139. The van der Waals surface area contributed by atoms with Gasteiger partial charge in [-0.25, -0.2) is 8.42 Å². The van der Waals surface area contributed by atoms with Crippen molar-refractivity contribution in [2.75, 3.05) is 25.0 Å². The van der Waals surface area contributed by atoms with Gasteiger partial charge in [0.15, 0.2) is 0 Å². The van der Waals surface area contributed by atoms with E-state index in [-0.39, 0.29) is 29.5 Å². The van der Waals surface area contributed by atoms with E-state index in [1.54, 1.807) is 36.4 Å². The first-order valence-corrected chi connectivity index (χ1v) is 15.4. The number of rotatable bonds is 12. The summed E-state index contributed by atoms with van der Waals surface area (Å²) in [6, 6.07) is 29.2. The maximum atomic E-state index is 14.4. The van der Waals surface area contributed by atoms with Crippen LogP contribution >= 0.6 is 0 Å². The van der Waals surface area contributed by atoms with Gasteiger partial charge in [-0.3, -0.25) is 13.9 Å². The highest BCUT2D eigenvalue weighted by atomic mass is 32.2. The Hall–Kier alpha value is -4.63. The van der Waals surface area contributed by atoms with Crippen LogP contribution in [0.25, 0.3) is 0 Å². The standard InChI is InChI=1S/C34H37N3O5S/c1-25-17-19-31(20-18-25)43(40,41)37(29-15-10-16-30(22-29)42-4)24-33(38)36(23-28-14-9-8-11-26(28)2)32(34(39)35-3)21-27-12-6-5-7-13-27/h5-20,22,32H,21,23-24H2,1-4H3,(H,35,39). The van der Waals surface area contributed by atoms with E-state index in [2.05, 4.69) is 5.32 Å². The van der Waals surface area contributed by atoms with E-state index in [9.17, 15) is 18.0 Å². The van der Waals surface area contributed by atoms with Gasteiger partial charge in [0.05, 0.1) is 17.7 Å². The number of carbonyl (C=O) groups excluding carboxylic acids is 2. The van der Waals surface area contributed by atoms with Gasteiger partial charge in [-0.05, 0) is 54.8 Å². The molecule has 0 bridgehead atoms. The molecule has 4 aromatic rings. The van der Waals surface area contributed by atoms with E-state index >= 15 is 0 Å². The molecule has 8 nitrogen and oxygen atoms in total. The van der Waals surface area contributed by atoms with Crippen molar-refractivity contribution < 1.29 is 22.7 Å². The maximum Gasteiger partial charge on any atom is 0.264 e. The molecule has 4 aromatic carbocycles. The molecule has 0 aliphatic rings. The molecular weight excluding hydrogens is 562 g/mol. The minimum Gasteiger partial charge on any atom is -0.497 e. The minimum atomic E-state index is -4.19. The number of aryl methyl sites for hydroxylation is 2. The van der Waals surface area contributed by atoms with E-state index in [1.165, 1.54) is 31.2 Å². The summed E-state index contributed by atoms with van der Waals surface area (Å²) in [6.45, 7) is 3.40. The number of carbonyl (C=O) groups is 2. The average Bonchev–Trinajstić information content (AvgIpc) is 3.02. The van der Waals surface area contributed by atoms with Gasteiger partial charge in [0.1, 0.15) is 18.3 Å². The molecule has 0 heterocycles. The fourth-order valence-corrected chi connectivity index (χ4v) is 6.23. The summed E-state index contributed by atoms with van der Waals surface area (Å²) in [7, 11) is -1.17. The molecule has 9 heteroatoms. The lowest BCUT2D eigenvalue weighted by Gasteiger charge is -2.34. The predicted octanol–water partition coefficient (Wildman–Crippen LogP) is 4.89. The Labute approximate surface area is 254 Å². The molecule has 1 unspecified atom stereocenters. The molecule has 0 aliphatic carbocycles. The Morgan fingerprint density at radius 1 is 0.860 bits per heavy atom. The number of sulfonamides is 1. The van der Waals surface area contributed by atoms with Crippen LogP contribution < -0.4 is 14.4 Å². The monoisotopic (exact) mass is 599 g/mol. The van der Waals surface area contributed by atoms with E-state index < -0.39 is 28.5 Å². The SMILES string of the molecule is CNC(=O)C(Cc1ccccc1)N(Cc1ccccc1C)C(=O)CN(c1cccc(OC)c1)S(=O)(=O)c1ccc(C)cc1. The number of anilines is 1. The van der Waals surface area contributed by atoms with Gasteiger partial charge in [0.2, 0.25) is 11.8 Å². The van der Waals surface area contributed by atoms with Crippen LogP contribution in [0.3, 0.4) is 0 Å². The Balaban J connectivity index is 1.81. The Kier molecular flexibility index (Phi) is 10.2. The van der Waals surface area contributed by atoms with Crippen LogP contribution in [0.2, 0.25) is 0 Å². The van der Waals surface area contributed by atoms with Gasteiger partial charge < -0.3 is 15.0 Å². The second-order valence-corrected chi connectivity index (χ2v) is 12.2. The van der Waals surface area contributed by atoms with Crippen molar-refractivity contribution in [1.82, 2.24) is 10.2 Å². The smallest absolute Gasteiger partial charge is 0.264 e. The molecule has 0 saturated heterocycles. The van der Waals surface area contributed by atoms with Crippen LogP contribution in [0.4, 0.5) is 5.69 Å². The third-order valence-electron chi connectivity index (χ3n) is 7.35. The molecule has 0 aromatic heterocycles. The normalized spacial score (nSPS) is 11.8. The van der Waals surface area contributed by atoms with Crippen molar-refractivity contribution in [1.29, 1.82) is 0 Å². The number of amides is 2. The molecule has 1 atom stereocenters. The van der Waals surface area contributed by atoms with Crippen LogP contribution in [0.1, 0.15) is 22.3 Å². The van der Waals surface area contributed by atoms with Gasteiger partial charge in [-0.1, -0.05) is 78.4 Å². The number of methoxy groups -OCH3 is 1. The molecule has 224 valence electrons. The quantitative estimate of drug-likeness (QED) is 0.250. The highest BCUT2D eigenvalue weighted by Gasteiger charge is 2.34. The van der Waals surface area contributed by atoms with Gasteiger partial charge in [-0.15, -0.1) is 0 Å². The van der Waals surface area contributed by atoms with Crippen molar-refractivity contribution in [3.8, 4) is 5.75 Å². The van der Waals surface area contributed by atoms with E-state index in [0.717, 1.165) is 26.6 Å². The molecule has 0 radical (unpaired) electrons. The van der Waals surface area contributed by atoms with E-state index in [4.69, 9.17) is 4.74 Å². The Bertz CT molecular complexity index is 1660. The van der Waals surface area contributed by atoms with Crippen LogP contribution in [-0.4, -0.2) is 51.9 Å². The predicted molar refractivity (Wildman–Crippen MR) is 168 cm³/mol. The zero-order valence-corrected chi connectivity index (χ0v) is 25.7. The number of nitrogens with zero attached hydrogens (tertiary/aromatic N) is 2. The first kappa shape index (κ1) is 31.3. The lowest BCUT2D eigenvalue weighted by atomic mass is 10.0. The van der Waals surface area contributed by atoms with Gasteiger partial charge in [-0.2, -0.15) is 0 Å². The summed E-state index contributed by atoms with van der Waals surface area (Å²) < 4.78 is 34.6. The van der Waals surface area contributed by atoms with Gasteiger partial charge in [0.25, 0.3) is 10.0 Å². The number of hydrogen-bond donors (Lipinski definition) is 1. The maximum absolute atomic E-state index is 14.4. The van der Waals surface area contributed by atoms with Crippen molar-refractivity contribution in [2.45, 2.75) is 37.8 Å². The van der Waals surface area contributed by atoms with Crippen molar-refractivity contribution in [3.05, 3.63) is 125 Å².